The van der Waals surface area contributed by atoms with E-state index in [0.717, 1.165) is 16.1 Å². The molecule has 0 aromatic heterocycles. The number of carbonyl (C=O) groups is 1. The van der Waals surface area contributed by atoms with Crippen molar-refractivity contribution < 1.29 is 14.3 Å². The van der Waals surface area contributed by atoms with E-state index in [2.05, 4.69) is 35.0 Å². The first-order chi connectivity index (χ1) is 15.1. The average molecular weight is 485 g/mol. The van der Waals surface area contributed by atoms with Crippen molar-refractivity contribution >= 4 is 21.9 Å². The molecule has 3 rings (SSSR count). The maximum atomic E-state index is 12.3. The van der Waals surface area contributed by atoms with Crippen molar-refractivity contribution in [2.45, 2.75) is 58.3 Å². The maximum absolute atomic E-state index is 12.3. The highest BCUT2D eigenvalue weighted by atomic mass is 79.9. The summed E-state index contributed by atoms with van der Waals surface area (Å²) < 4.78 is 12.1. The molecule has 0 unspecified atom stereocenters. The second-order valence-electron chi connectivity index (χ2n) is 8.38. The second kappa shape index (κ2) is 12.7. The van der Waals surface area contributed by atoms with E-state index in [1.165, 1.54) is 51.4 Å². The molecule has 0 saturated heterocycles. The van der Waals surface area contributed by atoms with Crippen molar-refractivity contribution in [3.63, 3.8) is 0 Å². The molecular formula is C27H33BrO3. The Morgan fingerprint density at radius 3 is 2.32 bits per heavy atom. The fraction of sp³-hybridized carbons (Fsp3) is 0.444. The van der Waals surface area contributed by atoms with Gasteiger partial charge in [0.25, 0.3) is 0 Å². The smallest absolute Gasteiger partial charge is 0.343 e. The summed E-state index contributed by atoms with van der Waals surface area (Å²) in [6, 6.07) is 14.3. The van der Waals surface area contributed by atoms with Crippen molar-refractivity contribution in [1.29, 1.82) is 0 Å². The van der Waals surface area contributed by atoms with E-state index < -0.39 is 0 Å². The fourth-order valence-electron chi connectivity index (χ4n) is 4.10. The zero-order valence-corrected chi connectivity index (χ0v) is 20.0. The topological polar surface area (TPSA) is 35.5 Å². The summed E-state index contributed by atoms with van der Waals surface area (Å²) >= 11 is 3.37. The fourth-order valence-corrected chi connectivity index (χ4v) is 4.36. The van der Waals surface area contributed by atoms with Crippen molar-refractivity contribution in [1.82, 2.24) is 0 Å². The van der Waals surface area contributed by atoms with Crippen LogP contribution in [0.4, 0.5) is 0 Å². The largest absolute Gasteiger partial charge is 0.490 e. The van der Waals surface area contributed by atoms with Crippen LogP contribution in [0.5, 0.6) is 11.5 Å². The van der Waals surface area contributed by atoms with Gasteiger partial charge >= 0.3 is 5.97 Å². The van der Waals surface area contributed by atoms with Crippen LogP contribution >= 0.6 is 15.9 Å². The number of hydrogen-bond donors (Lipinski definition) is 0. The third-order valence-electron chi connectivity index (χ3n) is 5.98. The van der Waals surface area contributed by atoms with Crippen LogP contribution in [0.2, 0.25) is 0 Å². The van der Waals surface area contributed by atoms with Gasteiger partial charge in [-0.3, -0.25) is 0 Å². The molecule has 0 radical (unpaired) electrons. The van der Waals surface area contributed by atoms with E-state index in [1.807, 2.05) is 24.3 Å². The summed E-state index contributed by atoms with van der Waals surface area (Å²) in [5, 5.41) is 0. The lowest BCUT2D eigenvalue weighted by molar-refractivity contribution is 0.0734. The van der Waals surface area contributed by atoms with Gasteiger partial charge in [-0.2, -0.15) is 0 Å². The second-order valence-corrected chi connectivity index (χ2v) is 9.30. The summed E-state index contributed by atoms with van der Waals surface area (Å²) in [5.74, 6) is 2.54. The third-order valence-corrected chi connectivity index (χ3v) is 6.50. The zero-order valence-electron chi connectivity index (χ0n) is 18.4. The van der Waals surface area contributed by atoms with E-state index in [1.54, 1.807) is 24.3 Å². The van der Waals surface area contributed by atoms with Crippen LogP contribution in [0, 0.1) is 11.8 Å². The summed E-state index contributed by atoms with van der Waals surface area (Å²) in [6.07, 6.45) is 15.3. The lowest BCUT2D eigenvalue weighted by Crippen LogP contribution is -2.13. The van der Waals surface area contributed by atoms with Crippen molar-refractivity contribution in [2.24, 2.45) is 11.8 Å². The SMILES string of the molecule is CCCCC[C@H]1CC[C@H](C=CCOc2ccc(C(=O)Oc3ccc(Br)cc3)cc2)CC1. The molecule has 1 aliphatic rings. The van der Waals surface area contributed by atoms with E-state index in [0.29, 0.717) is 23.8 Å². The Morgan fingerprint density at radius 2 is 1.65 bits per heavy atom. The molecule has 4 heteroatoms. The molecule has 1 saturated carbocycles. The molecule has 166 valence electrons. The Hall–Kier alpha value is -2.07. The molecule has 1 aliphatic carbocycles. The van der Waals surface area contributed by atoms with Crippen molar-refractivity contribution in [2.75, 3.05) is 6.61 Å². The van der Waals surface area contributed by atoms with Crippen LogP contribution < -0.4 is 9.47 Å². The molecule has 2 aromatic carbocycles. The molecule has 0 heterocycles. The number of rotatable bonds is 10. The van der Waals surface area contributed by atoms with Gasteiger partial charge in [-0.1, -0.05) is 60.7 Å². The van der Waals surface area contributed by atoms with E-state index >= 15 is 0 Å². The normalized spacial score (nSPS) is 18.8. The van der Waals surface area contributed by atoms with Crippen LogP contribution in [0.3, 0.4) is 0 Å². The molecule has 1 fully saturated rings. The highest BCUT2D eigenvalue weighted by Gasteiger charge is 2.18. The van der Waals surface area contributed by atoms with Gasteiger partial charge in [-0.15, -0.1) is 0 Å². The number of carbonyl (C=O) groups excluding carboxylic acids is 1. The molecule has 0 N–H and O–H groups in total. The Balaban J connectivity index is 1.36. The highest BCUT2D eigenvalue weighted by Crippen LogP contribution is 2.32. The molecule has 2 aromatic rings. The zero-order chi connectivity index (χ0) is 21.9. The van der Waals surface area contributed by atoms with E-state index in [4.69, 9.17) is 9.47 Å². The molecule has 0 atom stereocenters. The Morgan fingerprint density at radius 1 is 0.968 bits per heavy atom. The van der Waals surface area contributed by atoms with Crippen molar-refractivity contribution in [3.05, 3.63) is 70.7 Å². The minimum atomic E-state index is -0.376. The van der Waals surface area contributed by atoms with Gasteiger partial charge in [-0.05, 0) is 86.1 Å². The molecular weight excluding hydrogens is 452 g/mol. The van der Waals surface area contributed by atoms with Gasteiger partial charge < -0.3 is 9.47 Å². The van der Waals surface area contributed by atoms with Crippen LogP contribution in [-0.2, 0) is 0 Å². The molecule has 0 amide bonds. The van der Waals surface area contributed by atoms with Crippen LogP contribution in [0.25, 0.3) is 0 Å². The number of hydrogen-bond acceptors (Lipinski definition) is 3. The molecule has 3 nitrogen and oxygen atoms in total. The number of unbranched alkanes of at least 4 members (excludes halogenated alkanes) is 2. The molecule has 0 bridgehead atoms. The first-order valence-corrected chi connectivity index (χ1v) is 12.3. The van der Waals surface area contributed by atoms with Gasteiger partial charge in [0, 0.05) is 4.47 Å². The highest BCUT2D eigenvalue weighted by molar-refractivity contribution is 9.10. The summed E-state index contributed by atoms with van der Waals surface area (Å²) in [5.41, 5.74) is 0.501. The van der Waals surface area contributed by atoms with Crippen LogP contribution in [-0.4, -0.2) is 12.6 Å². The van der Waals surface area contributed by atoms with Crippen molar-refractivity contribution in [3.8, 4) is 11.5 Å². The Bertz CT molecular complexity index is 819. The van der Waals surface area contributed by atoms with E-state index in [9.17, 15) is 4.79 Å². The minimum absolute atomic E-state index is 0.376. The first kappa shape index (κ1) is 23.6. The Kier molecular flexibility index (Phi) is 9.67. The predicted molar refractivity (Wildman–Crippen MR) is 130 cm³/mol. The van der Waals surface area contributed by atoms with Gasteiger partial charge in [0.05, 0.1) is 5.56 Å². The average Bonchev–Trinajstić information content (AvgIpc) is 2.80. The van der Waals surface area contributed by atoms with Gasteiger partial charge in [0.1, 0.15) is 18.1 Å². The summed E-state index contributed by atoms with van der Waals surface area (Å²) in [7, 11) is 0. The predicted octanol–water partition coefficient (Wildman–Crippen LogP) is 7.99. The number of ether oxygens (including phenoxy) is 2. The monoisotopic (exact) mass is 484 g/mol. The maximum Gasteiger partial charge on any atom is 0.343 e. The minimum Gasteiger partial charge on any atom is -0.490 e. The van der Waals surface area contributed by atoms with Gasteiger partial charge in [0.15, 0.2) is 0 Å². The summed E-state index contributed by atoms with van der Waals surface area (Å²) in [4.78, 5) is 12.3. The number of allylic oxidation sites excluding steroid dienone is 1. The summed E-state index contributed by atoms with van der Waals surface area (Å²) in [6.45, 7) is 2.83. The first-order valence-electron chi connectivity index (χ1n) is 11.5. The number of halogens is 1. The number of esters is 1. The third kappa shape index (κ3) is 8.17. The molecule has 31 heavy (non-hydrogen) atoms. The lowest BCUT2D eigenvalue weighted by atomic mass is 9.79. The van der Waals surface area contributed by atoms with Crippen LogP contribution in [0.15, 0.2) is 65.2 Å². The van der Waals surface area contributed by atoms with Gasteiger partial charge in [0.2, 0.25) is 0 Å². The quantitative estimate of drug-likeness (QED) is 0.148. The Labute approximate surface area is 195 Å². The molecule has 0 aliphatic heterocycles. The van der Waals surface area contributed by atoms with E-state index in [-0.39, 0.29) is 5.97 Å². The van der Waals surface area contributed by atoms with Gasteiger partial charge in [-0.25, -0.2) is 4.79 Å². The number of benzene rings is 2. The molecule has 0 spiro atoms. The lowest BCUT2D eigenvalue weighted by Gasteiger charge is -2.26. The standard InChI is InChI=1S/C27H33BrO3/c1-2-3-4-6-21-8-10-22(11-9-21)7-5-20-30-25-16-12-23(13-17-25)27(29)31-26-18-14-24(28)15-19-26/h5,7,12-19,21-22H,2-4,6,8-11,20H2,1H3/t21-,22-. The van der Waals surface area contributed by atoms with Crippen LogP contribution in [0.1, 0.15) is 68.6 Å².